The molecule has 0 atom stereocenters. The molecule has 1 aromatic carbocycles. The van der Waals surface area contributed by atoms with Gasteiger partial charge in [-0.3, -0.25) is 9.78 Å². The molecule has 0 radical (unpaired) electrons. The third-order valence-electron chi connectivity index (χ3n) is 3.32. The molecule has 0 aliphatic carbocycles. The Morgan fingerprint density at radius 3 is 2.44 bits per heavy atom. The van der Waals surface area contributed by atoms with Crippen LogP contribution in [0.2, 0.25) is 0 Å². The van der Waals surface area contributed by atoms with E-state index in [4.69, 9.17) is 16.6 Å². The van der Waals surface area contributed by atoms with E-state index in [2.05, 4.69) is 20.9 Å². The zero-order valence-corrected chi connectivity index (χ0v) is 14.0. The largest absolute Gasteiger partial charge is 0.459 e. The summed E-state index contributed by atoms with van der Waals surface area (Å²) >= 11 is 5.27. The molecule has 2 heterocycles. The predicted molar refractivity (Wildman–Crippen MR) is 100 cm³/mol. The van der Waals surface area contributed by atoms with Crippen molar-refractivity contribution >= 4 is 34.6 Å². The van der Waals surface area contributed by atoms with Crippen LogP contribution in [0.1, 0.15) is 16.1 Å². The number of furan rings is 1. The van der Waals surface area contributed by atoms with E-state index < -0.39 is 0 Å². The third kappa shape index (κ3) is 4.89. The summed E-state index contributed by atoms with van der Waals surface area (Å²) in [5.41, 5.74) is 2.53. The number of anilines is 2. The van der Waals surface area contributed by atoms with Gasteiger partial charge in [0.2, 0.25) is 0 Å². The number of pyridine rings is 1. The van der Waals surface area contributed by atoms with E-state index in [0.717, 1.165) is 11.3 Å². The molecule has 0 fully saturated rings. The molecule has 0 saturated heterocycles. The predicted octanol–water partition coefficient (Wildman–Crippen LogP) is 3.41. The third-order valence-corrected chi connectivity index (χ3v) is 3.57. The Kier molecular flexibility index (Phi) is 5.38. The van der Waals surface area contributed by atoms with E-state index in [-0.39, 0.29) is 11.7 Å². The van der Waals surface area contributed by atoms with Gasteiger partial charge >= 0.3 is 0 Å². The maximum absolute atomic E-state index is 11.9. The number of benzene rings is 1. The Labute approximate surface area is 150 Å². The summed E-state index contributed by atoms with van der Waals surface area (Å²) in [5.74, 6) is -0.0256. The maximum atomic E-state index is 11.9. The molecular formula is C18H16N4O2S. The highest BCUT2D eigenvalue weighted by Crippen LogP contribution is 2.15. The van der Waals surface area contributed by atoms with Gasteiger partial charge in [0.1, 0.15) is 0 Å². The summed E-state index contributed by atoms with van der Waals surface area (Å²) in [6.45, 7) is 0.594. The molecule has 25 heavy (non-hydrogen) atoms. The van der Waals surface area contributed by atoms with Crippen molar-refractivity contribution in [3.05, 3.63) is 78.5 Å². The molecule has 2 aromatic heterocycles. The second kappa shape index (κ2) is 8.07. The van der Waals surface area contributed by atoms with Crippen LogP contribution in [0.4, 0.5) is 11.4 Å². The normalized spacial score (nSPS) is 10.1. The van der Waals surface area contributed by atoms with Gasteiger partial charge in [-0.05, 0) is 60.2 Å². The second-order valence-corrected chi connectivity index (χ2v) is 5.59. The fraction of sp³-hybridized carbons (Fsp3) is 0.0556. The van der Waals surface area contributed by atoms with E-state index in [9.17, 15) is 4.79 Å². The van der Waals surface area contributed by atoms with Crippen molar-refractivity contribution < 1.29 is 9.21 Å². The Morgan fingerprint density at radius 1 is 1.04 bits per heavy atom. The molecule has 6 nitrogen and oxygen atoms in total. The van der Waals surface area contributed by atoms with Crippen LogP contribution in [0.5, 0.6) is 0 Å². The molecule has 126 valence electrons. The van der Waals surface area contributed by atoms with E-state index in [1.54, 1.807) is 36.7 Å². The minimum atomic E-state index is -0.292. The van der Waals surface area contributed by atoms with Crippen LogP contribution >= 0.6 is 12.2 Å². The van der Waals surface area contributed by atoms with Crippen LogP contribution in [0.3, 0.4) is 0 Å². The van der Waals surface area contributed by atoms with Crippen LogP contribution in [0.25, 0.3) is 0 Å². The molecule has 0 aliphatic rings. The average Bonchev–Trinajstić information content (AvgIpc) is 3.17. The number of carbonyl (C=O) groups excluding carboxylic acids is 1. The van der Waals surface area contributed by atoms with Gasteiger partial charge < -0.3 is 20.4 Å². The summed E-state index contributed by atoms with van der Waals surface area (Å²) in [6.07, 6.45) is 4.97. The lowest BCUT2D eigenvalue weighted by atomic mass is 10.2. The van der Waals surface area contributed by atoms with E-state index in [1.807, 2.05) is 24.3 Å². The van der Waals surface area contributed by atoms with Crippen LogP contribution in [0, 0.1) is 0 Å². The van der Waals surface area contributed by atoms with Gasteiger partial charge in [0.05, 0.1) is 6.26 Å². The molecule has 0 bridgehead atoms. The van der Waals surface area contributed by atoms with Crippen LogP contribution in [-0.2, 0) is 6.54 Å². The summed E-state index contributed by atoms with van der Waals surface area (Å²) in [7, 11) is 0. The van der Waals surface area contributed by atoms with Crippen molar-refractivity contribution in [2.24, 2.45) is 0 Å². The lowest BCUT2D eigenvalue weighted by Gasteiger charge is -2.11. The Balaban J connectivity index is 1.50. The number of thiocarbonyl (C=S) groups is 1. The van der Waals surface area contributed by atoms with Gasteiger partial charge in [-0.25, -0.2) is 0 Å². The standard InChI is InChI=1S/C18H16N4O2S/c23-17(16-4-2-10-24-16)21-14-5-7-15(8-6-14)22-18(25)20-12-13-3-1-9-19-11-13/h1-11H,12H2,(H,21,23)(H2,20,22,25). The quantitative estimate of drug-likeness (QED) is 0.611. The number of carbonyl (C=O) groups is 1. The number of amides is 1. The number of nitrogens with one attached hydrogen (secondary N) is 3. The van der Waals surface area contributed by atoms with Gasteiger partial charge in [0.25, 0.3) is 5.91 Å². The molecule has 0 aliphatic heterocycles. The van der Waals surface area contributed by atoms with E-state index in [0.29, 0.717) is 17.3 Å². The van der Waals surface area contributed by atoms with Gasteiger partial charge in [0, 0.05) is 30.3 Å². The van der Waals surface area contributed by atoms with E-state index >= 15 is 0 Å². The monoisotopic (exact) mass is 352 g/mol. The maximum Gasteiger partial charge on any atom is 0.291 e. The highest BCUT2D eigenvalue weighted by Gasteiger charge is 2.08. The highest BCUT2D eigenvalue weighted by molar-refractivity contribution is 7.80. The summed E-state index contributed by atoms with van der Waals surface area (Å²) in [5, 5.41) is 9.47. The van der Waals surface area contributed by atoms with Crippen molar-refractivity contribution in [2.75, 3.05) is 10.6 Å². The van der Waals surface area contributed by atoms with Gasteiger partial charge in [-0.15, -0.1) is 0 Å². The van der Waals surface area contributed by atoms with Gasteiger partial charge in [-0.2, -0.15) is 0 Å². The number of hydrogen-bond donors (Lipinski definition) is 3. The van der Waals surface area contributed by atoms with Crippen LogP contribution in [-0.4, -0.2) is 16.0 Å². The van der Waals surface area contributed by atoms with Gasteiger partial charge in [0.15, 0.2) is 10.9 Å². The summed E-state index contributed by atoms with van der Waals surface area (Å²) in [6, 6.07) is 14.4. The first kappa shape index (κ1) is 16.7. The molecule has 0 saturated carbocycles. The minimum absolute atomic E-state index is 0.267. The summed E-state index contributed by atoms with van der Waals surface area (Å²) < 4.78 is 5.05. The Bertz CT molecular complexity index is 833. The SMILES string of the molecule is O=C(Nc1ccc(NC(=S)NCc2cccnc2)cc1)c1ccco1. The van der Waals surface area contributed by atoms with Crippen molar-refractivity contribution in [1.29, 1.82) is 0 Å². The van der Waals surface area contributed by atoms with Crippen molar-refractivity contribution in [2.45, 2.75) is 6.54 Å². The smallest absolute Gasteiger partial charge is 0.291 e. The number of aromatic nitrogens is 1. The zero-order chi connectivity index (χ0) is 17.5. The molecule has 0 spiro atoms. The Morgan fingerprint density at radius 2 is 1.80 bits per heavy atom. The first-order valence-corrected chi connectivity index (χ1v) is 8.00. The molecule has 3 rings (SSSR count). The van der Waals surface area contributed by atoms with Crippen LogP contribution in [0.15, 0.2) is 71.6 Å². The summed E-state index contributed by atoms with van der Waals surface area (Å²) in [4.78, 5) is 16.0. The lowest BCUT2D eigenvalue weighted by molar-refractivity contribution is 0.0996. The molecule has 1 amide bonds. The fourth-order valence-electron chi connectivity index (χ4n) is 2.10. The van der Waals surface area contributed by atoms with Crippen LogP contribution < -0.4 is 16.0 Å². The van der Waals surface area contributed by atoms with Crippen molar-refractivity contribution in [1.82, 2.24) is 10.3 Å². The molecule has 0 unspecified atom stereocenters. The second-order valence-electron chi connectivity index (χ2n) is 5.18. The zero-order valence-electron chi connectivity index (χ0n) is 13.2. The van der Waals surface area contributed by atoms with Crippen molar-refractivity contribution in [3.63, 3.8) is 0 Å². The average molecular weight is 352 g/mol. The van der Waals surface area contributed by atoms with E-state index in [1.165, 1.54) is 6.26 Å². The molecule has 3 N–H and O–H groups in total. The fourth-order valence-corrected chi connectivity index (χ4v) is 2.29. The topological polar surface area (TPSA) is 79.2 Å². The molecule has 7 heteroatoms. The lowest BCUT2D eigenvalue weighted by Crippen LogP contribution is -2.27. The van der Waals surface area contributed by atoms with Gasteiger partial charge in [-0.1, -0.05) is 6.07 Å². The first-order valence-electron chi connectivity index (χ1n) is 7.59. The first-order chi connectivity index (χ1) is 12.2. The Hall–Kier alpha value is -3.19. The van der Waals surface area contributed by atoms with Crippen molar-refractivity contribution in [3.8, 4) is 0 Å². The highest BCUT2D eigenvalue weighted by atomic mass is 32.1. The molecular weight excluding hydrogens is 336 g/mol. The minimum Gasteiger partial charge on any atom is -0.459 e. The number of nitrogens with zero attached hydrogens (tertiary/aromatic N) is 1. The number of hydrogen-bond acceptors (Lipinski definition) is 4. The number of rotatable bonds is 5. The molecule has 3 aromatic rings.